The Bertz CT molecular complexity index is 351. The zero-order valence-corrected chi connectivity index (χ0v) is 12.1. The molecule has 18 heavy (non-hydrogen) atoms. The van der Waals surface area contributed by atoms with Crippen LogP contribution in [-0.4, -0.2) is 17.3 Å². The first kappa shape index (κ1) is 15.1. The van der Waals surface area contributed by atoms with Gasteiger partial charge >= 0.3 is 0 Å². The van der Waals surface area contributed by atoms with Crippen molar-refractivity contribution in [1.82, 2.24) is 10.1 Å². The highest BCUT2D eigenvalue weighted by Crippen LogP contribution is 2.31. The van der Waals surface area contributed by atoms with Crippen molar-refractivity contribution in [2.45, 2.75) is 58.6 Å². The quantitative estimate of drug-likeness (QED) is 0.811. The summed E-state index contributed by atoms with van der Waals surface area (Å²) in [6, 6.07) is -0.200. The van der Waals surface area contributed by atoms with Crippen molar-refractivity contribution in [3.63, 3.8) is 0 Å². The van der Waals surface area contributed by atoms with E-state index in [0.29, 0.717) is 17.6 Å². The Morgan fingerprint density at radius 2 is 1.94 bits per heavy atom. The highest BCUT2D eigenvalue weighted by Gasteiger charge is 2.34. The number of nitrogens with zero attached hydrogens (tertiary/aromatic N) is 2. The van der Waals surface area contributed by atoms with E-state index < -0.39 is 5.60 Å². The molecular weight excluding hydrogens is 230 g/mol. The Morgan fingerprint density at radius 1 is 1.33 bits per heavy atom. The maximum Gasteiger partial charge on any atom is 0.243 e. The fourth-order valence-corrected chi connectivity index (χ4v) is 2.13. The van der Waals surface area contributed by atoms with Crippen molar-refractivity contribution in [3.05, 3.63) is 11.7 Å². The van der Waals surface area contributed by atoms with Gasteiger partial charge < -0.3 is 15.0 Å². The number of hydrogen-bond acceptors (Lipinski definition) is 5. The van der Waals surface area contributed by atoms with E-state index in [9.17, 15) is 0 Å². The molecule has 0 aliphatic rings. The van der Waals surface area contributed by atoms with Crippen molar-refractivity contribution in [2.24, 2.45) is 11.7 Å². The van der Waals surface area contributed by atoms with E-state index in [4.69, 9.17) is 15.0 Å². The van der Waals surface area contributed by atoms with Gasteiger partial charge in [-0.3, -0.25) is 0 Å². The Balaban J connectivity index is 2.91. The van der Waals surface area contributed by atoms with Gasteiger partial charge in [-0.25, -0.2) is 0 Å². The number of nitrogens with two attached hydrogens (primary N) is 1. The van der Waals surface area contributed by atoms with Crippen LogP contribution >= 0.6 is 0 Å². The smallest absolute Gasteiger partial charge is 0.243 e. The molecular formula is C13H25N3O2. The lowest BCUT2D eigenvalue weighted by molar-refractivity contribution is -0.0306. The predicted molar refractivity (Wildman–Crippen MR) is 70.0 cm³/mol. The number of methoxy groups -OCH3 is 1. The summed E-state index contributed by atoms with van der Waals surface area (Å²) in [6.07, 6.45) is 2.44. The number of hydrogen-bond donors (Lipinski definition) is 1. The molecule has 2 N–H and O–H groups in total. The molecule has 1 aromatic heterocycles. The molecule has 0 radical (unpaired) electrons. The average molecular weight is 255 g/mol. The van der Waals surface area contributed by atoms with Gasteiger partial charge in [-0.05, 0) is 25.2 Å². The lowest BCUT2D eigenvalue weighted by Gasteiger charge is -2.25. The van der Waals surface area contributed by atoms with Crippen molar-refractivity contribution >= 4 is 0 Å². The maximum absolute atomic E-state index is 6.04. The van der Waals surface area contributed by atoms with Gasteiger partial charge in [0.25, 0.3) is 0 Å². The van der Waals surface area contributed by atoms with E-state index in [1.54, 1.807) is 7.11 Å². The largest absolute Gasteiger partial charge is 0.370 e. The Labute approximate surface area is 109 Å². The van der Waals surface area contributed by atoms with Crippen molar-refractivity contribution < 1.29 is 9.26 Å². The summed E-state index contributed by atoms with van der Waals surface area (Å²) in [7, 11) is 1.68. The van der Waals surface area contributed by atoms with E-state index in [0.717, 1.165) is 19.3 Å². The third-order valence-electron chi connectivity index (χ3n) is 3.42. The van der Waals surface area contributed by atoms with Crippen LogP contribution in [0.5, 0.6) is 0 Å². The summed E-state index contributed by atoms with van der Waals surface area (Å²) >= 11 is 0. The molecule has 1 aromatic rings. The SMILES string of the molecule is CCC(CC)(OC)c1noc([C@@H](N)CC(C)C)n1. The molecule has 1 heterocycles. The van der Waals surface area contributed by atoms with Gasteiger partial charge in [-0.15, -0.1) is 0 Å². The van der Waals surface area contributed by atoms with Crippen molar-refractivity contribution in [3.8, 4) is 0 Å². The standard InChI is InChI=1S/C13H25N3O2/c1-6-13(7-2,17-5)12-15-11(18-16-12)10(14)8-9(3)4/h9-10H,6-8,14H2,1-5H3/t10-/m0/s1. The van der Waals surface area contributed by atoms with Crippen LogP contribution in [0.4, 0.5) is 0 Å². The second-order valence-electron chi connectivity index (χ2n) is 5.10. The Kier molecular flexibility index (Phi) is 5.28. The monoisotopic (exact) mass is 255 g/mol. The summed E-state index contributed by atoms with van der Waals surface area (Å²) in [5, 5.41) is 4.04. The van der Waals surface area contributed by atoms with Gasteiger partial charge in [0.15, 0.2) is 0 Å². The van der Waals surface area contributed by atoms with Crippen molar-refractivity contribution in [2.75, 3.05) is 7.11 Å². The molecule has 5 nitrogen and oxygen atoms in total. The van der Waals surface area contributed by atoms with E-state index in [1.165, 1.54) is 0 Å². The molecule has 0 aliphatic carbocycles. The van der Waals surface area contributed by atoms with Gasteiger partial charge in [-0.1, -0.05) is 32.9 Å². The number of ether oxygens (including phenoxy) is 1. The predicted octanol–water partition coefficient (Wildman–Crippen LogP) is 2.78. The molecule has 5 heteroatoms. The Morgan fingerprint density at radius 3 is 2.39 bits per heavy atom. The highest BCUT2D eigenvalue weighted by atomic mass is 16.5. The van der Waals surface area contributed by atoms with Crippen LogP contribution in [0, 0.1) is 5.92 Å². The summed E-state index contributed by atoms with van der Waals surface area (Å²) in [4.78, 5) is 4.42. The van der Waals surface area contributed by atoms with Gasteiger partial charge in [-0.2, -0.15) is 4.98 Å². The second-order valence-corrected chi connectivity index (χ2v) is 5.10. The minimum absolute atomic E-state index is 0.200. The summed E-state index contributed by atoms with van der Waals surface area (Å²) in [5.41, 5.74) is 5.58. The van der Waals surface area contributed by atoms with Gasteiger partial charge in [0.2, 0.25) is 11.7 Å². The maximum atomic E-state index is 6.04. The molecule has 0 aliphatic heterocycles. The van der Waals surface area contributed by atoms with Crippen LogP contribution in [0.1, 0.15) is 64.7 Å². The fourth-order valence-electron chi connectivity index (χ4n) is 2.13. The highest BCUT2D eigenvalue weighted by molar-refractivity contribution is 5.02. The molecule has 0 spiro atoms. The van der Waals surface area contributed by atoms with Gasteiger partial charge in [0.1, 0.15) is 5.60 Å². The molecule has 0 aromatic carbocycles. The topological polar surface area (TPSA) is 74.2 Å². The minimum atomic E-state index is -0.459. The molecule has 0 fully saturated rings. The van der Waals surface area contributed by atoms with E-state index >= 15 is 0 Å². The van der Waals surface area contributed by atoms with Gasteiger partial charge in [0.05, 0.1) is 6.04 Å². The third-order valence-corrected chi connectivity index (χ3v) is 3.42. The molecule has 1 rings (SSSR count). The number of aromatic nitrogens is 2. The summed E-state index contributed by atoms with van der Waals surface area (Å²) in [5.74, 6) is 1.60. The number of rotatable bonds is 7. The normalized spacial score (nSPS) is 14.2. The lowest BCUT2D eigenvalue weighted by Crippen LogP contribution is -2.28. The molecule has 0 amide bonds. The van der Waals surface area contributed by atoms with Crippen LogP contribution in [0.3, 0.4) is 0 Å². The second kappa shape index (κ2) is 6.29. The first-order valence-corrected chi connectivity index (χ1v) is 6.63. The zero-order chi connectivity index (χ0) is 13.8. The third kappa shape index (κ3) is 3.09. The molecule has 0 unspecified atom stereocenters. The van der Waals surface area contributed by atoms with E-state index in [1.807, 2.05) is 0 Å². The van der Waals surface area contributed by atoms with Gasteiger partial charge in [0, 0.05) is 7.11 Å². The molecule has 0 saturated carbocycles. The molecule has 1 atom stereocenters. The van der Waals surface area contributed by atoms with Crippen LogP contribution in [-0.2, 0) is 10.3 Å². The fraction of sp³-hybridized carbons (Fsp3) is 0.846. The average Bonchev–Trinajstić information content (AvgIpc) is 2.81. The molecule has 104 valence electrons. The van der Waals surface area contributed by atoms with Crippen LogP contribution in [0.15, 0.2) is 4.52 Å². The lowest BCUT2D eigenvalue weighted by atomic mass is 9.96. The first-order valence-electron chi connectivity index (χ1n) is 6.63. The van der Waals surface area contributed by atoms with Crippen molar-refractivity contribution in [1.29, 1.82) is 0 Å². The zero-order valence-electron chi connectivity index (χ0n) is 12.1. The van der Waals surface area contributed by atoms with Crippen LogP contribution in [0.2, 0.25) is 0 Å². The summed E-state index contributed by atoms with van der Waals surface area (Å²) in [6.45, 7) is 8.34. The first-order chi connectivity index (χ1) is 8.49. The van der Waals surface area contributed by atoms with E-state index in [2.05, 4.69) is 37.8 Å². The summed E-state index contributed by atoms with van der Waals surface area (Å²) < 4.78 is 10.8. The Hall–Kier alpha value is -0.940. The van der Waals surface area contributed by atoms with E-state index in [-0.39, 0.29) is 6.04 Å². The van der Waals surface area contributed by atoms with Crippen LogP contribution < -0.4 is 5.73 Å². The minimum Gasteiger partial charge on any atom is -0.370 e. The molecule has 0 saturated heterocycles. The molecule has 0 bridgehead atoms. The van der Waals surface area contributed by atoms with Crippen LogP contribution in [0.25, 0.3) is 0 Å².